The molecule has 0 fully saturated rings. The first-order chi connectivity index (χ1) is 9.61. The number of aliphatic hydroxyl groups excluding tert-OH is 1. The Morgan fingerprint density at radius 1 is 1.55 bits per heavy atom. The van der Waals surface area contributed by atoms with Gasteiger partial charge in [0.1, 0.15) is 6.04 Å². The smallest absolute Gasteiger partial charge is 0.241 e. The molecule has 2 rings (SSSR count). The zero-order valence-corrected chi connectivity index (χ0v) is 12.2. The first-order valence-corrected chi connectivity index (χ1v) is 7.19. The number of carbonyl (C=O) groups is 1. The van der Waals surface area contributed by atoms with Crippen molar-refractivity contribution in [3.63, 3.8) is 0 Å². The summed E-state index contributed by atoms with van der Waals surface area (Å²) in [5.74, 6) is -0.185. The second kappa shape index (κ2) is 6.65. The van der Waals surface area contributed by atoms with E-state index in [9.17, 15) is 9.90 Å². The molecule has 7 heteroatoms. The summed E-state index contributed by atoms with van der Waals surface area (Å²) in [6.07, 6.45) is 2.75. The number of nitrogens with one attached hydrogen (secondary N) is 2. The van der Waals surface area contributed by atoms with Crippen molar-refractivity contribution in [2.24, 2.45) is 7.05 Å². The van der Waals surface area contributed by atoms with Gasteiger partial charge in [-0.3, -0.25) is 9.48 Å². The summed E-state index contributed by atoms with van der Waals surface area (Å²) in [7, 11) is 3.51. The van der Waals surface area contributed by atoms with Crippen molar-refractivity contribution >= 4 is 17.2 Å². The second-order valence-electron chi connectivity index (χ2n) is 4.49. The third kappa shape index (κ3) is 3.44. The predicted octanol–water partition coefficient (Wildman–Crippen LogP) is 0.592. The van der Waals surface area contributed by atoms with Crippen LogP contribution in [0.2, 0.25) is 0 Å². The van der Waals surface area contributed by atoms with Crippen molar-refractivity contribution in [2.45, 2.75) is 12.1 Å². The molecule has 20 heavy (non-hydrogen) atoms. The predicted molar refractivity (Wildman–Crippen MR) is 77.3 cm³/mol. The van der Waals surface area contributed by atoms with Crippen LogP contribution in [0.5, 0.6) is 0 Å². The number of aliphatic hydroxyl groups is 1. The van der Waals surface area contributed by atoms with E-state index in [4.69, 9.17) is 0 Å². The highest BCUT2D eigenvalue weighted by Crippen LogP contribution is 2.16. The van der Waals surface area contributed by atoms with Gasteiger partial charge in [-0.1, -0.05) is 0 Å². The number of hydrogen-bond acceptors (Lipinski definition) is 5. The highest BCUT2D eigenvalue weighted by molar-refractivity contribution is 7.07. The van der Waals surface area contributed by atoms with Crippen LogP contribution in [0.25, 0.3) is 0 Å². The van der Waals surface area contributed by atoms with Crippen LogP contribution >= 0.6 is 11.3 Å². The van der Waals surface area contributed by atoms with Crippen LogP contribution in [0.1, 0.15) is 23.3 Å². The van der Waals surface area contributed by atoms with Gasteiger partial charge >= 0.3 is 0 Å². The van der Waals surface area contributed by atoms with Crippen molar-refractivity contribution in [3.05, 3.63) is 40.3 Å². The number of thiophene rings is 1. The van der Waals surface area contributed by atoms with Gasteiger partial charge in [0.05, 0.1) is 12.3 Å². The molecular formula is C13H18N4O2S. The minimum atomic E-state index is -0.684. The summed E-state index contributed by atoms with van der Waals surface area (Å²) >= 11 is 1.52. The molecule has 0 spiro atoms. The van der Waals surface area contributed by atoms with E-state index in [-0.39, 0.29) is 12.5 Å². The van der Waals surface area contributed by atoms with Crippen LogP contribution in [0.4, 0.5) is 0 Å². The number of amides is 1. The van der Waals surface area contributed by atoms with Gasteiger partial charge in [-0.05, 0) is 29.4 Å². The number of rotatable bonds is 6. The fraction of sp³-hybridized carbons (Fsp3) is 0.385. The Bertz CT molecular complexity index is 552. The van der Waals surface area contributed by atoms with Crippen molar-refractivity contribution in [2.75, 3.05) is 13.6 Å². The molecule has 3 N–H and O–H groups in total. The summed E-state index contributed by atoms with van der Waals surface area (Å²) < 4.78 is 1.65. The maximum absolute atomic E-state index is 12.1. The summed E-state index contributed by atoms with van der Waals surface area (Å²) in [6.45, 7) is 0.189. The summed E-state index contributed by atoms with van der Waals surface area (Å²) in [5.41, 5.74) is 1.61. The van der Waals surface area contributed by atoms with E-state index >= 15 is 0 Å². The molecule has 2 aromatic rings. The van der Waals surface area contributed by atoms with Gasteiger partial charge in [0.25, 0.3) is 0 Å². The van der Waals surface area contributed by atoms with Gasteiger partial charge in [-0.15, -0.1) is 0 Å². The van der Waals surface area contributed by atoms with Gasteiger partial charge in [-0.25, -0.2) is 0 Å². The normalized spacial score (nSPS) is 13.9. The number of aryl methyl sites for hydroxylation is 1. The molecule has 0 aliphatic rings. The Morgan fingerprint density at radius 3 is 2.90 bits per heavy atom. The number of likely N-dealkylation sites (N-methyl/N-ethyl adjacent to an activating group) is 1. The zero-order valence-electron chi connectivity index (χ0n) is 11.4. The van der Waals surface area contributed by atoms with E-state index in [0.29, 0.717) is 0 Å². The van der Waals surface area contributed by atoms with Crippen molar-refractivity contribution in [1.82, 2.24) is 20.4 Å². The van der Waals surface area contributed by atoms with E-state index < -0.39 is 12.1 Å². The molecule has 6 nitrogen and oxygen atoms in total. The van der Waals surface area contributed by atoms with E-state index in [1.165, 1.54) is 11.3 Å². The monoisotopic (exact) mass is 294 g/mol. The van der Waals surface area contributed by atoms with Crippen LogP contribution in [-0.4, -0.2) is 34.4 Å². The molecule has 0 aliphatic heterocycles. The lowest BCUT2D eigenvalue weighted by Gasteiger charge is -2.16. The molecule has 0 saturated carbocycles. The Labute approximate surface area is 121 Å². The van der Waals surface area contributed by atoms with Gasteiger partial charge in [0, 0.05) is 25.4 Å². The Kier molecular flexibility index (Phi) is 4.89. The minimum absolute atomic E-state index is 0.185. The third-order valence-electron chi connectivity index (χ3n) is 3.01. The molecule has 2 unspecified atom stereocenters. The Hall–Kier alpha value is -1.70. The summed E-state index contributed by atoms with van der Waals surface area (Å²) in [4.78, 5) is 12.1. The number of aromatic nitrogens is 2. The van der Waals surface area contributed by atoms with Crippen molar-refractivity contribution in [3.8, 4) is 0 Å². The van der Waals surface area contributed by atoms with Crippen LogP contribution in [0.15, 0.2) is 29.2 Å². The molecule has 2 heterocycles. The highest BCUT2D eigenvalue weighted by Gasteiger charge is 2.20. The van der Waals surface area contributed by atoms with Gasteiger partial charge in [-0.2, -0.15) is 16.4 Å². The molecule has 108 valence electrons. The van der Waals surface area contributed by atoms with E-state index in [0.717, 1.165) is 11.1 Å². The maximum atomic E-state index is 12.1. The molecule has 0 aromatic carbocycles. The highest BCUT2D eigenvalue weighted by atomic mass is 32.1. The molecule has 2 atom stereocenters. The average molecular weight is 294 g/mol. The molecule has 0 aliphatic carbocycles. The largest absolute Gasteiger partial charge is 0.387 e. The molecule has 0 saturated heterocycles. The Morgan fingerprint density at radius 2 is 2.35 bits per heavy atom. The lowest BCUT2D eigenvalue weighted by molar-refractivity contribution is -0.123. The first kappa shape index (κ1) is 14.7. The van der Waals surface area contributed by atoms with Crippen molar-refractivity contribution in [1.29, 1.82) is 0 Å². The summed E-state index contributed by atoms with van der Waals surface area (Å²) in [6, 6.07) is 1.37. The van der Waals surface area contributed by atoms with Gasteiger partial charge < -0.3 is 15.7 Å². The number of carbonyl (C=O) groups excluding carboxylic acids is 1. The first-order valence-electron chi connectivity index (χ1n) is 6.25. The SMILES string of the molecule is CNC(C(=O)NCC(O)c1ccsc1)c1cnn(C)c1. The van der Waals surface area contributed by atoms with Gasteiger partial charge in [0.15, 0.2) is 0 Å². The molecule has 0 radical (unpaired) electrons. The molecule has 2 aromatic heterocycles. The second-order valence-corrected chi connectivity index (χ2v) is 5.27. The third-order valence-corrected chi connectivity index (χ3v) is 3.71. The van der Waals surface area contributed by atoms with Gasteiger partial charge in [0.2, 0.25) is 5.91 Å². The lowest BCUT2D eigenvalue weighted by atomic mass is 10.1. The lowest BCUT2D eigenvalue weighted by Crippen LogP contribution is -2.37. The van der Waals surface area contributed by atoms with E-state index in [2.05, 4.69) is 15.7 Å². The van der Waals surface area contributed by atoms with E-state index in [1.54, 1.807) is 31.2 Å². The van der Waals surface area contributed by atoms with E-state index in [1.807, 2.05) is 16.8 Å². The van der Waals surface area contributed by atoms with Crippen LogP contribution < -0.4 is 10.6 Å². The minimum Gasteiger partial charge on any atom is -0.387 e. The van der Waals surface area contributed by atoms with Crippen LogP contribution in [-0.2, 0) is 11.8 Å². The van der Waals surface area contributed by atoms with Crippen LogP contribution in [0.3, 0.4) is 0 Å². The van der Waals surface area contributed by atoms with Crippen LogP contribution in [0, 0.1) is 0 Å². The molecule has 1 amide bonds. The fourth-order valence-electron chi connectivity index (χ4n) is 1.92. The van der Waals surface area contributed by atoms with Crippen molar-refractivity contribution < 1.29 is 9.90 Å². The topological polar surface area (TPSA) is 79.2 Å². The number of hydrogen-bond donors (Lipinski definition) is 3. The zero-order chi connectivity index (χ0) is 14.5. The fourth-order valence-corrected chi connectivity index (χ4v) is 2.63. The quantitative estimate of drug-likeness (QED) is 0.728. The molecule has 0 bridgehead atoms. The maximum Gasteiger partial charge on any atom is 0.241 e. The standard InChI is InChI=1S/C13H18N4O2S/c1-14-12(10-5-16-17(2)7-10)13(19)15-6-11(18)9-3-4-20-8-9/h3-5,7-8,11-12,14,18H,6H2,1-2H3,(H,15,19). The number of nitrogens with zero attached hydrogens (tertiary/aromatic N) is 2. The Balaban J connectivity index is 1.93. The average Bonchev–Trinajstić information content (AvgIpc) is 3.08. The molecular weight excluding hydrogens is 276 g/mol. The summed E-state index contributed by atoms with van der Waals surface area (Å²) in [5, 5.41) is 23.4.